The first-order valence-electron chi connectivity index (χ1n) is 5.43. The number of aryl methyl sites for hydroxylation is 1. The SMILES string of the molecule is O=C(CCn1cccn1)NCCc1ncn[nH]1. The van der Waals surface area contributed by atoms with Gasteiger partial charge in [-0.25, -0.2) is 4.98 Å². The number of carbonyl (C=O) groups excluding carboxylic acids is 1. The summed E-state index contributed by atoms with van der Waals surface area (Å²) in [6.07, 6.45) is 6.07. The Kier molecular flexibility index (Phi) is 3.85. The highest BCUT2D eigenvalue weighted by Gasteiger charge is 2.02. The lowest BCUT2D eigenvalue weighted by Crippen LogP contribution is -2.26. The van der Waals surface area contributed by atoms with Crippen molar-refractivity contribution in [3.8, 4) is 0 Å². The third-order valence-electron chi connectivity index (χ3n) is 2.28. The van der Waals surface area contributed by atoms with E-state index in [1.54, 1.807) is 10.9 Å². The molecule has 0 bridgehead atoms. The summed E-state index contributed by atoms with van der Waals surface area (Å²) >= 11 is 0. The Morgan fingerprint density at radius 2 is 2.47 bits per heavy atom. The molecule has 17 heavy (non-hydrogen) atoms. The van der Waals surface area contributed by atoms with Crippen LogP contribution in [0.2, 0.25) is 0 Å². The van der Waals surface area contributed by atoms with Gasteiger partial charge in [0.05, 0.1) is 0 Å². The Labute approximate surface area is 98.2 Å². The first-order valence-corrected chi connectivity index (χ1v) is 5.43. The van der Waals surface area contributed by atoms with E-state index in [4.69, 9.17) is 0 Å². The Hall–Kier alpha value is -2.18. The van der Waals surface area contributed by atoms with Crippen LogP contribution in [-0.2, 0) is 17.8 Å². The second kappa shape index (κ2) is 5.78. The van der Waals surface area contributed by atoms with Crippen LogP contribution in [0.3, 0.4) is 0 Å². The fourth-order valence-electron chi connectivity index (χ4n) is 1.41. The van der Waals surface area contributed by atoms with E-state index in [9.17, 15) is 4.79 Å². The van der Waals surface area contributed by atoms with Crippen LogP contribution >= 0.6 is 0 Å². The van der Waals surface area contributed by atoms with Crippen molar-refractivity contribution in [1.82, 2.24) is 30.3 Å². The highest BCUT2D eigenvalue weighted by atomic mass is 16.1. The van der Waals surface area contributed by atoms with Gasteiger partial charge < -0.3 is 5.32 Å². The van der Waals surface area contributed by atoms with E-state index in [2.05, 4.69) is 25.6 Å². The maximum Gasteiger partial charge on any atom is 0.221 e. The minimum absolute atomic E-state index is 0.0139. The van der Waals surface area contributed by atoms with E-state index in [-0.39, 0.29) is 5.91 Å². The van der Waals surface area contributed by atoms with Crippen molar-refractivity contribution in [3.63, 3.8) is 0 Å². The number of nitrogens with one attached hydrogen (secondary N) is 2. The fraction of sp³-hybridized carbons (Fsp3) is 0.400. The van der Waals surface area contributed by atoms with Gasteiger partial charge in [0, 0.05) is 38.3 Å². The zero-order valence-corrected chi connectivity index (χ0v) is 9.33. The average Bonchev–Trinajstić information content (AvgIpc) is 2.99. The summed E-state index contributed by atoms with van der Waals surface area (Å²) in [6.45, 7) is 1.16. The van der Waals surface area contributed by atoms with Crippen molar-refractivity contribution in [1.29, 1.82) is 0 Å². The third-order valence-corrected chi connectivity index (χ3v) is 2.28. The number of hydrogen-bond acceptors (Lipinski definition) is 4. The lowest BCUT2D eigenvalue weighted by Gasteiger charge is -2.04. The van der Waals surface area contributed by atoms with Crippen molar-refractivity contribution < 1.29 is 4.79 Å². The molecule has 1 amide bonds. The van der Waals surface area contributed by atoms with Crippen LogP contribution in [0.25, 0.3) is 0 Å². The van der Waals surface area contributed by atoms with Gasteiger partial charge in [-0.2, -0.15) is 10.2 Å². The monoisotopic (exact) mass is 234 g/mol. The summed E-state index contributed by atoms with van der Waals surface area (Å²) in [5, 5.41) is 13.3. The molecule has 90 valence electrons. The summed E-state index contributed by atoms with van der Waals surface area (Å²) < 4.78 is 1.73. The fourth-order valence-corrected chi connectivity index (χ4v) is 1.41. The zero-order chi connectivity index (χ0) is 11.9. The van der Waals surface area contributed by atoms with E-state index < -0.39 is 0 Å². The van der Waals surface area contributed by atoms with Gasteiger partial charge in [0.25, 0.3) is 0 Å². The molecule has 0 fully saturated rings. The molecule has 2 rings (SSSR count). The molecule has 0 atom stereocenters. The molecule has 7 nitrogen and oxygen atoms in total. The lowest BCUT2D eigenvalue weighted by molar-refractivity contribution is -0.121. The van der Waals surface area contributed by atoms with Gasteiger partial charge in [-0.1, -0.05) is 0 Å². The number of aromatic nitrogens is 5. The number of aromatic amines is 1. The van der Waals surface area contributed by atoms with Crippen molar-refractivity contribution in [2.24, 2.45) is 0 Å². The molecule has 7 heteroatoms. The highest BCUT2D eigenvalue weighted by Crippen LogP contribution is 1.90. The Bertz CT molecular complexity index is 435. The second-order valence-electron chi connectivity index (χ2n) is 3.55. The lowest BCUT2D eigenvalue weighted by atomic mass is 10.3. The van der Waals surface area contributed by atoms with E-state index in [0.29, 0.717) is 25.9 Å². The number of nitrogens with zero attached hydrogens (tertiary/aromatic N) is 4. The number of carbonyl (C=O) groups is 1. The van der Waals surface area contributed by atoms with Crippen molar-refractivity contribution in [3.05, 3.63) is 30.6 Å². The molecule has 0 aromatic carbocycles. The maximum absolute atomic E-state index is 11.5. The Morgan fingerprint density at radius 1 is 1.53 bits per heavy atom. The van der Waals surface area contributed by atoms with Crippen molar-refractivity contribution in [2.45, 2.75) is 19.4 Å². The standard InChI is InChI=1S/C10H14N6O/c17-10(3-7-16-6-1-4-14-16)11-5-2-9-12-8-13-15-9/h1,4,6,8H,2-3,5,7H2,(H,11,17)(H,12,13,15). The molecule has 0 spiro atoms. The molecular formula is C10H14N6O. The van der Waals surface area contributed by atoms with Gasteiger partial charge in [-0.3, -0.25) is 14.6 Å². The van der Waals surface area contributed by atoms with E-state index in [1.807, 2.05) is 12.3 Å². The summed E-state index contributed by atoms with van der Waals surface area (Å²) in [4.78, 5) is 15.4. The van der Waals surface area contributed by atoms with Crippen LogP contribution in [0.5, 0.6) is 0 Å². The van der Waals surface area contributed by atoms with E-state index >= 15 is 0 Å². The predicted molar refractivity (Wildman–Crippen MR) is 59.9 cm³/mol. The minimum Gasteiger partial charge on any atom is -0.356 e. The van der Waals surface area contributed by atoms with Crippen LogP contribution in [0.4, 0.5) is 0 Å². The second-order valence-corrected chi connectivity index (χ2v) is 3.55. The van der Waals surface area contributed by atoms with Gasteiger partial charge >= 0.3 is 0 Å². The number of amides is 1. The normalized spacial score (nSPS) is 10.4. The zero-order valence-electron chi connectivity index (χ0n) is 9.33. The molecule has 0 saturated carbocycles. The molecule has 0 aliphatic rings. The van der Waals surface area contributed by atoms with Crippen molar-refractivity contribution >= 4 is 5.91 Å². The average molecular weight is 234 g/mol. The summed E-state index contributed by atoms with van der Waals surface area (Å²) in [7, 11) is 0. The highest BCUT2D eigenvalue weighted by molar-refractivity contribution is 5.75. The molecule has 0 aliphatic carbocycles. The Balaban J connectivity index is 1.61. The predicted octanol–water partition coefficient (Wildman–Crippen LogP) is -0.250. The number of H-pyrrole nitrogens is 1. The number of rotatable bonds is 6. The van der Waals surface area contributed by atoms with Gasteiger partial charge in [0.15, 0.2) is 0 Å². The van der Waals surface area contributed by atoms with Gasteiger partial charge in [0.2, 0.25) is 5.91 Å². The minimum atomic E-state index is 0.0139. The quantitative estimate of drug-likeness (QED) is 0.721. The van der Waals surface area contributed by atoms with Gasteiger partial charge in [-0.15, -0.1) is 0 Å². The number of hydrogen-bond donors (Lipinski definition) is 2. The van der Waals surface area contributed by atoms with Gasteiger partial charge in [0.1, 0.15) is 12.2 Å². The largest absolute Gasteiger partial charge is 0.356 e. The molecule has 0 radical (unpaired) electrons. The van der Waals surface area contributed by atoms with Crippen LogP contribution in [0.15, 0.2) is 24.8 Å². The smallest absolute Gasteiger partial charge is 0.221 e. The van der Waals surface area contributed by atoms with Crippen LogP contribution in [-0.4, -0.2) is 37.4 Å². The first kappa shape index (κ1) is 11.3. The van der Waals surface area contributed by atoms with Crippen molar-refractivity contribution in [2.75, 3.05) is 6.54 Å². The summed E-state index contributed by atoms with van der Waals surface area (Å²) in [5.74, 6) is 0.789. The molecule has 0 unspecified atom stereocenters. The Morgan fingerprint density at radius 3 is 3.18 bits per heavy atom. The van der Waals surface area contributed by atoms with Crippen LogP contribution in [0, 0.1) is 0 Å². The molecule has 2 aromatic heterocycles. The van der Waals surface area contributed by atoms with Gasteiger partial charge in [-0.05, 0) is 6.07 Å². The maximum atomic E-state index is 11.5. The molecular weight excluding hydrogens is 220 g/mol. The molecule has 0 aliphatic heterocycles. The first-order chi connectivity index (χ1) is 8.34. The molecule has 0 saturated heterocycles. The third kappa shape index (κ3) is 3.71. The van der Waals surface area contributed by atoms with Crippen LogP contribution < -0.4 is 5.32 Å². The van der Waals surface area contributed by atoms with E-state index in [1.165, 1.54) is 6.33 Å². The summed E-state index contributed by atoms with van der Waals surface area (Å²) in [6, 6.07) is 1.84. The molecule has 2 N–H and O–H groups in total. The molecule has 2 aromatic rings. The summed E-state index contributed by atoms with van der Waals surface area (Å²) in [5.41, 5.74) is 0. The van der Waals surface area contributed by atoms with E-state index in [0.717, 1.165) is 5.82 Å². The van der Waals surface area contributed by atoms with Crippen LogP contribution in [0.1, 0.15) is 12.2 Å². The topological polar surface area (TPSA) is 88.5 Å². The molecule has 2 heterocycles.